The molecule has 0 spiro atoms. The van der Waals surface area contributed by atoms with Gasteiger partial charge < -0.3 is 25.0 Å². The van der Waals surface area contributed by atoms with Gasteiger partial charge in [-0.25, -0.2) is 4.79 Å². The van der Waals surface area contributed by atoms with Crippen LogP contribution < -0.4 is 15.5 Å². The summed E-state index contributed by atoms with van der Waals surface area (Å²) in [5.74, 6) is -6.03. The lowest BCUT2D eigenvalue weighted by Gasteiger charge is -2.25. The van der Waals surface area contributed by atoms with Gasteiger partial charge >= 0.3 is 24.0 Å². The minimum Gasteiger partial charge on any atom is -0.481 e. The van der Waals surface area contributed by atoms with Crippen molar-refractivity contribution in [1.82, 2.24) is 5.32 Å². The summed E-state index contributed by atoms with van der Waals surface area (Å²) in [4.78, 5) is 48.9. The molecule has 1 unspecified atom stereocenters. The van der Waals surface area contributed by atoms with Gasteiger partial charge in [-0.3, -0.25) is 25.0 Å². The molecule has 5 N–H and O–H groups in total. The van der Waals surface area contributed by atoms with E-state index in [1.165, 1.54) is 0 Å². The average Bonchev–Trinajstić information content (AvgIpc) is 2.86. The fourth-order valence-electron chi connectivity index (χ4n) is 3.38. The highest BCUT2D eigenvalue weighted by molar-refractivity contribution is 6.18. The van der Waals surface area contributed by atoms with E-state index >= 15 is 0 Å². The van der Waals surface area contributed by atoms with E-state index in [2.05, 4.69) is 10.6 Å². The Morgan fingerprint density at radius 2 is 1.41 bits per heavy atom. The number of carbonyl (C=O) groups is 4. The Kier molecular flexibility index (Phi) is 11.9. The van der Waals surface area contributed by atoms with Crippen LogP contribution in [0, 0.1) is 5.92 Å². The maximum atomic E-state index is 12.7. The molecule has 0 aliphatic carbocycles. The molecule has 13 heteroatoms. The number of aliphatic carboxylic acids is 3. The maximum Gasteiger partial charge on any atom is 0.413 e. The van der Waals surface area contributed by atoms with Gasteiger partial charge in [0.25, 0.3) is 0 Å². The first-order valence-corrected chi connectivity index (χ1v) is 12.2. The molecule has 37 heavy (non-hydrogen) atoms. The molecule has 0 fully saturated rings. The summed E-state index contributed by atoms with van der Waals surface area (Å²) >= 11 is 11.7. The second-order valence-corrected chi connectivity index (χ2v) is 8.51. The first kappa shape index (κ1) is 29.7. The zero-order valence-corrected chi connectivity index (χ0v) is 21.1. The van der Waals surface area contributed by atoms with Crippen molar-refractivity contribution < 1.29 is 39.2 Å². The predicted octanol–water partition coefficient (Wildman–Crippen LogP) is 3.44. The van der Waals surface area contributed by atoms with Crippen LogP contribution in [0.1, 0.15) is 18.2 Å². The quantitative estimate of drug-likeness (QED) is 0.125. The highest BCUT2D eigenvalue weighted by atomic mass is 35.5. The van der Waals surface area contributed by atoms with Crippen LogP contribution in [0.4, 0.5) is 16.2 Å². The first-order chi connectivity index (χ1) is 17.7. The molecule has 2 atom stereocenters. The zero-order chi connectivity index (χ0) is 27.4. The number of hydrogen-bond acceptors (Lipinski definition) is 7. The molecule has 0 aliphatic heterocycles. The van der Waals surface area contributed by atoms with Gasteiger partial charge in [0.15, 0.2) is 12.1 Å². The van der Waals surface area contributed by atoms with Crippen molar-refractivity contribution in [1.29, 1.82) is 0 Å². The van der Waals surface area contributed by atoms with Crippen molar-refractivity contribution in [3.63, 3.8) is 0 Å². The fraction of sp³-hybridized carbons (Fsp3) is 0.333. The highest BCUT2D eigenvalue weighted by Gasteiger charge is 2.34. The molecule has 0 saturated carbocycles. The monoisotopic (exact) mass is 555 g/mol. The third-order valence-electron chi connectivity index (χ3n) is 5.23. The lowest BCUT2D eigenvalue weighted by Crippen LogP contribution is -2.44. The Bertz CT molecular complexity index is 1040. The van der Waals surface area contributed by atoms with Crippen LogP contribution in [-0.2, 0) is 19.1 Å². The molecule has 0 aliphatic rings. The van der Waals surface area contributed by atoms with Crippen LogP contribution in [0.25, 0.3) is 0 Å². The normalized spacial score (nSPS) is 12.4. The third kappa shape index (κ3) is 9.45. The van der Waals surface area contributed by atoms with Crippen molar-refractivity contribution in [2.75, 3.05) is 35.1 Å². The van der Waals surface area contributed by atoms with E-state index in [-0.39, 0.29) is 0 Å². The first-order valence-electron chi connectivity index (χ1n) is 11.1. The van der Waals surface area contributed by atoms with Crippen molar-refractivity contribution in [2.24, 2.45) is 5.92 Å². The molecule has 0 saturated heterocycles. The summed E-state index contributed by atoms with van der Waals surface area (Å²) in [6.45, 7) is 1.17. The van der Waals surface area contributed by atoms with Gasteiger partial charge in [-0.15, -0.1) is 23.2 Å². The number of anilines is 2. The summed E-state index contributed by atoms with van der Waals surface area (Å²) in [5, 5.41) is 32.9. The van der Waals surface area contributed by atoms with Crippen molar-refractivity contribution in [2.45, 2.75) is 18.7 Å². The summed E-state index contributed by atoms with van der Waals surface area (Å²) in [6, 6.07) is 13.2. The summed E-state index contributed by atoms with van der Waals surface area (Å²) in [7, 11) is 0. The smallest absolute Gasteiger partial charge is 0.413 e. The number of benzene rings is 2. The van der Waals surface area contributed by atoms with Gasteiger partial charge in [-0.05, 0) is 30.7 Å². The molecule has 0 heterocycles. The van der Waals surface area contributed by atoms with E-state index in [1.807, 2.05) is 4.90 Å². The fourth-order valence-corrected chi connectivity index (χ4v) is 3.78. The number of carboxylic acid groups (broad SMARTS) is 3. The van der Waals surface area contributed by atoms with E-state index in [1.54, 1.807) is 54.6 Å². The molecule has 0 radical (unpaired) electrons. The largest absolute Gasteiger partial charge is 0.481 e. The lowest BCUT2D eigenvalue weighted by atomic mass is 9.99. The van der Waals surface area contributed by atoms with Crippen molar-refractivity contribution in [3.05, 3.63) is 60.2 Å². The number of halogens is 2. The second kappa shape index (κ2) is 14.9. The molecule has 2 aromatic rings. The number of ether oxygens (including phenoxy) is 1. The number of carbonyl (C=O) groups excluding carboxylic acids is 1. The third-order valence-corrected chi connectivity index (χ3v) is 5.57. The minimum atomic E-state index is -1.98. The molecular formula is C24H27Cl2N3O8. The summed E-state index contributed by atoms with van der Waals surface area (Å²) < 4.78 is 5.41. The topological polar surface area (TPSA) is 166 Å². The van der Waals surface area contributed by atoms with E-state index in [9.17, 15) is 24.3 Å². The zero-order valence-electron chi connectivity index (χ0n) is 19.5. The minimum absolute atomic E-state index is 0.360. The average molecular weight is 556 g/mol. The van der Waals surface area contributed by atoms with Crippen LogP contribution in [-0.4, -0.2) is 70.2 Å². The Morgan fingerprint density at radius 1 is 0.838 bits per heavy atom. The Hall–Kier alpha value is -3.54. The van der Waals surface area contributed by atoms with Crippen molar-refractivity contribution in [3.8, 4) is 0 Å². The van der Waals surface area contributed by atoms with E-state index in [0.29, 0.717) is 36.1 Å². The van der Waals surface area contributed by atoms with Gasteiger partial charge in [-0.1, -0.05) is 30.3 Å². The van der Waals surface area contributed by atoms with Crippen LogP contribution >= 0.6 is 23.2 Å². The van der Waals surface area contributed by atoms with E-state index in [4.69, 9.17) is 38.2 Å². The molecule has 0 aromatic heterocycles. The molecule has 2 rings (SSSR count). The number of nitrogens with one attached hydrogen (secondary N) is 2. The Balaban J connectivity index is 2.17. The molecule has 200 valence electrons. The molecule has 0 bridgehead atoms. The summed E-state index contributed by atoms with van der Waals surface area (Å²) in [5.41, 5.74) is 1.60. The molecular weight excluding hydrogens is 529 g/mol. The van der Waals surface area contributed by atoms with Crippen LogP contribution in [0.2, 0.25) is 0 Å². The Labute approximate surface area is 222 Å². The number of amides is 1. The number of nitrogens with zero attached hydrogens (tertiary/aromatic N) is 1. The van der Waals surface area contributed by atoms with Gasteiger partial charge in [0.1, 0.15) is 6.04 Å². The number of rotatable bonds is 15. The number of carboxylic acids is 3. The molecule has 1 amide bonds. The highest BCUT2D eigenvalue weighted by Crippen LogP contribution is 2.21. The lowest BCUT2D eigenvalue weighted by molar-refractivity contribution is -0.155. The summed E-state index contributed by atoms with van der Waals surface area (Å²) in [6.07, 6.45) is -3.03. The van der Waals surface area contributed by atoms with Crippen LogP contribution in [0.5, 0.6) is 0 Å². The standard InChI is InChI=1S/C24H27Cl2N3O8/c25-10-12-29(13-11-26)17-8-6-16(7-9-17)27-24(36)37-20(15-4-2-1-3-5-15)28-19(23(34)35)14-18(21(30)31)22(32)33/h1-9,18-20,28H,10-14H2,(H,27,36)(H,30,31)(H,32,33)(H,34,35)/t19-,20?/m0/s1. The van der Waals surface area contributed by atoms with Gasteiger partial charge in [0.05, 0.1) is 0 Å². The van der Waals surface area contributed by atoms with Gasteiger partial charge in [0, 0.05) is 41.8 Å². The van der Waals surface area contributed by atoms with E-state index < -0.39 is 48.6 Å². The van der Waals surface area contributed by atoms with Gasteiger partial charge in [-0.2, -0.15) is 0 Å². The number of alkyl halides is 2. The molecule has 2 aromatic carbocycles. The van der Waals surface area contributed by atoms with Crippen LogP contribution in [0.3, 0.4) is 0 Å². The maximum absolute atomic E-state index is 12.7. The van der Waals surface area contributed by atoms with Gasteiger partial charge in [0.2, 0.25) is 0 Å². The second-order valence-electron chi connectivity index (χ2n) is 7.76. The Morgan fingerprint density at radius 3 is 1.89 bits per heavy atom. The number of hydrogen-bond donors (Lipinski definition) is 5. The van der Waals surface area contributed by atoms with Crippen LogP contribution in [0.15, 0.2) is 54.6 Å². The SMILES string of the molecule is O=C(Nc1ccc(N(CCCl)CCCl)cc1)OC(N[C@@H](CC(C(=O)O)C(=O)O)C(=O)O)c1ccccc1. The van der Waals surface area contributed by atoms with Crippen molar-refractivity contribution >= 4 is 58.6 Å². The molecule has 11 nitrogen and oxygen atoms in total. The predicted molar refractivity (Wildman–Crippen MR) is 137 cm³/mol. The van der Waals surface area contributed by atoms with E-state index in [0.717, 1.165) is 5.69 Å².